The maximum Gasteiger partial charge on any atom is 0.212 e. The molecule has 0 bridgehead atoms. The van der Waals surface area contributed by atoms with Crippen LogP contribution in [-0.4, -0.2) is 17.9 Å². The molecule has 1 amide bonds. The van der Waals surface area contributed by atoms with Gasteiger partial charge in [-0.1, -0.05) is 25.2 Å². The molecule has 6 heteroatoms. The average Bonchev–Trinajstić information content (AvgIpc) is 2.86. The fourth-order valence-electron chi connectivity index (χ4n) is 2.06. The van der Waals surface area contributed by atoms with E-state index in [0.717, 1.165) is 22.2 Å². The second-order valence-electron chi connectivity index (χ2n) is 5.33. The van der Waals surface area contributed by atoms with Crippen molar-refractivity contribution >= 4 is 34.4 Å². The molecule has 1 heterocycles. The molecule has 2 aromatic rings. The summed E-state index contributed by atoms with van der Waals surface area (Å²) < 4.78 is 0. The Morgan fingerprint density at radius 1 is 1.41 bits per heavy atom. The second-order valence-corrected chi connectivity index (χ2v) is 6.51. The first-order valence-corrected chi connectivity index (χ1v) is 7.82. The Balaban J connectivity index is 2.38. The Morgan fingerprint density at radius 2 is 2.09 bits per heavy atom. The fourth-order valence-corrected chi connectivity index (χ4v) is 2.96. The van der Waals surface area contributed by atoms with Crippen LogP contribution in [0.15, 0.2) is 24.3 Å². The predicted molar refractivity (Wildman–Crippen MR) is 89.5 cm³/mol. The number of anilines is 3. The minimum atomic E-state index is 0.447. The molecule has 1 aromatic carbocycles. The van der Waals surface area contributed by atoms with Crippen molar-refractivity contribution in [2.24, 2.45) is 5.92 Å². The van der Waals surface area contributed by atoms with Gasteiger partial charge in [0, 0.05) is 17.1 Å². The van der Waals surface area contributed by atoms with Gasteiger partial charge in [-0.05, 0) is 37.1 Å². The van der Waals surface area contributed by atoms with Crippen molar-refractivity contribution in [3.05, 3.63) is 34.7 Å². The Morgan fingerprint density at radius 3 is 2.64 bits per heavy atom. The number of aromatic nitrogens is 1. The van der Waals surface area contributed by atoms with Gasteiger partial charge >= 0.3 is 0 Å². The molecule has 1 aromatic heterocycles. The Labute approximate surface area is 134 Å². The highest BCUT2D eigenvalue weighted by Crippen LogP contribution is 2.34. The fraction of sp³-hybridized carbons (Fsp3) is 0.312. The van der Waals surface area contributed by atoms with Gasteiger partial charge in [0.15, 0.2) is 5.13 Å². The van der Waals surface area contributed by atoms with Gasteiger partial charge in [-0.2, -0.15) is 5.26 Å². The molecule has 0 aliphatic carbocycles. The van der Waals surface area contributed by atoms with E-state index in [-0.39, 0.29) is 0 Å². The van der Waals surface area contributed by atoms with E-state index in [1.54, 1.807) is 12.1 Å². The van der Waals surface area contributed by atoms with Crippen LogP contribution in [0, 0.1) is 24.2 Å². The molecule has 2 rings (SSSR count). The third-order valence-electron chi connectivity index (χ3n) is 3.07. The number of aryl methyl sites for hydroxylation is 1. The molecule has 5 nitrogen and oxygen atoms in total. The topological polar surface area (TPSA) is 69.0 Å². The van der Waals surface area contributed by atoms with Gasteiger partial charge in [0.2, 0.25) is 6.41 Å². The minimum Gasteiger partial charge on any atom is -0.318 e. The summed E-state index contributed by atoms with van der Waals surface area (Å²) in [6.07, 6.45) is 0.639. The molecule has 0 unspecified atom stereocenters. The summed E-state index contributed by atoms with van der Waals surface area (Å²) in [6, 6.07) is 9.56. The van der Waals surface area contributed by atoms with Crippen LogP contribution in [0.1, 0.15) is 24.3 Å². The number of nitrogens with zero attached hydrogens (tertiary/aromatic N) is 3. The van der Waals surface area contributed by atoms with E-state index in [4.69, 9.17) is 5.26 Å². The smallest absolute Gasteiger partial charge is 0.212 e. The van der Waals surface area contributed by atoms with Crippen LogP contribution in [0.3, 0.4) is 0 Å². The summed E-state index contributed by atoms with van der Waals surface area (Å²) in [7, 11) is 0. The molecule has 1 N–H and O–H groups in total. The van der Waals surface area contributed by atoms with Gasteiger partial charge < -0.3 is 10.2 Å². The zero-order valence-electron chi connectivity index (χ0n) is 12.8. The van der Waals surface area contributed by atoms with Gasteiger partial charge in [0.25, 0.3) is 0 Å². The molecule has 0 aliphatic rings. The van der Waals surface area contributed by atoms with E-state index >= 15 is 0 Å². The molecule has 22 heavy (non-hydrogen) atoms. The number of nitrogens with one attached hydrogen (secondary N) is 1. The lowest BCUT2D eigenvalue weighted by Crippen LogP contribution is -2.22. The van der Waals surface area contributed by atoms with Crippen LogP contribution in [0.2, 0.25) is 0 Å². The first-order chi connectivity index (χ1) is 10.5. The van der Waals surface area contributed by atoms with Crippen molar-refractivity contribution in [3.8, 4) is 6.07 Å². The van der Waals surface area contributed by atoms with Crippen molar-refractivity contribution in [3.63, 3.8) is 0 Å². The van der Waals surface area contributed by atoms with Gasteiger partial charge in [-0.3, -0.25) is 4.79 Å². The van der Waals surface area contributed by atoms with Gasteiger partial charge in [0.1, 0.15) is 5.82 Å². The third-order valence-corrected chi connectivity index (χ3v) is 4.06. The van der Waals surface area contributed by atoms with Crippen LogP contribution >= 0.6 is 11.3 Å². The average molecular weight is 314 g/mol. The first-order valence-electron chi connectivity index (χ1n) is 7.00. The second kappa shape index (κ2) is 7.05. The summed E-state index contributed by atoms with van der Waals surface area (Å²) in [5.41, 5.74) is 1.62. The SMILES string of the molecule is Cc1sc(N(CC(C)C)c2ccc(C#N)cc2)nc1NC=O. The predicted octanol–water partition coefficient (Wildman–Crippen LogP) is 3.69. The molecule has 0 saturated heterocycles. The molecule has 0 spiro atoms. The number of benzene rings is 1. The summed E-state index contributed by atoms with van der Waals surface area (Å²) in [5, 5.41) is 12.4. The Hall–Kier alpha value is -2.39. The number of carbonyl (C=O) groups excluding carboxylic acids is 1. The molecule has 114 valence electrons. The molecular formula is C16H18N4OS. The van der Waals surface area contributed by atoms with E-state index < -0.39 is 0 Å². The maximum absolute atomic E-state index is 10.6. The van der Waals surface area contributed by atoms with E-state index in [1.807, 2.05) is 19.1 Å². The number of hydrogen-bond acceptors (Lipinski definition) is 5. The van der Waals surface area contributed by atoms with Crippen molar-refractivity contribution in [1.29, 1.82) is 5.26 Å². The summed E-state index contributed by atoms with van der Waals surface area (Å²) in [6.45, 7) is 7.02. The number of rotatable bonds is 6. The van der Waals surface area contributed by atoms with E-state index in [0.29, 0.717) is 23.7 Å². The first kappa shape index (κ1) is 16.0. The third kappa shape index (κ3) is 3.62. The lowest BCUT2D eigenvalue weighted by Gasteiger charge is -2.24. The molecule has 0 aliphatic heterocycles. The summed E-state index contributed by atoms with van der Waals surface area (Å²) >= 11 is 1.54. The monoisotopic (exact) mass is 314 g/mol. The number of amides is 1. The summed E-state index contributed by atoms with van der Waals surface area (Å²) in [5.74, 6) is 1.04. The zero-order chi connectivity index (χ0) is 16.1. The molecule has 0 saturated carbocycles. The highest BCUT2D eigenvalue weighted by Gasteiger charge is 2.17. The number of carbonyl (C=O) groups is 1. The van der Waals surface area contributed by atoms with Crippen LogP contribution in [0.5, 0.6) is 0 Å². The van der Waals surface area contributed by atoms with Crippen molar-refractivity contribution < 1.29 is 4.79 Å². The van der Waals surface area contributed by atoms with E-state index in [1.165, 1.54) is 11.3 Å². The molecule has 0 atom stereocenters. The lowest BCUT2D eigenvalue weighted by molar-refractivity contribution is -0.105. The number of thiazole rings is 1. The lowest BCUT2D eigenvalue weighted by atomic mass is 10.1. The quantitative estimate of drug-likeness (QED) is 0.826. The Kier molecular flexibility index (Phi) is 5.12. The van der Waals surface area contributed by atoms with E-state index in [2.05, 4.69) is 35.1 Å². The number of hydrogen-bond donors (Lipinski definition) is 1. The Bertz CT molecular complexity index is 685. The van der Waals surface area contributed by atoms with Crippen LogP contribution < -0.4 is 10.2 Å². The largest absolute Gasteiger partial charge is 0.318 e. The van der Waals surface area contributed by atoms with Crippen molar-refractivity contribution in [2.45, 2.75) is 20.8 Å². The zero-order valence-corrected chi connectivity index (χ0v) is 13.6. The maximum atomic E-state index is 10.6. The highest BCUT2D eigenvalue weighted by molar-refractivity contribution is 7.16. The van der Waals surface area contributed by atoms with Crippen LogP contribution in [0.25, 0.3) is 0 Å². The van der Waals surface area contributed by atoms with Gasteiger partial charge in [-0.15, -0.1) is 0 Å². The van der Waals surface area contributed by atoms with Crippen LogP contribution in [-0.2, 0) is 4.79 Å². The summed E-state index contributed by atoms with van der Waals surface area (Å²) in [4.78, 5) is 18.2. The normalized spacial score (nSPS) is 10.3. The highest BCUT2D eigenvalue weighted by atomic mass is 32.1. The standard InChI is InChI=1S/C16H18N4OS/c1-11(2)9-20(14-6-4-13(8-17)5-7-14)16-19-15(18-10-21)12(3)22-16/h4-7,10-11H,9H2,1-3H3,(H,18,21). The van der Waals surface area contributed by atoms with Gasteiger partial charge in [0.05, 0.1) is 11.6 Å². The minimum absolute atomic E-state index is 0.447. The van der Waals surface area contributed by atoms with Gasteiger partial charge in [-0.25, -0.2) is 4.98 Å². The molecule has 0 fully saturated rings. The number of nitriles is 1. The molecule has 0 radical (unpaired) electrons. The van der Waals surface area contributed by atoms with E-state index in [9.17, 15) is 4.79 Å². The van der Waals surface area contributed by atoms with Crippen molar-refractivity contribution in [2.75, 3.05) is 16.8 Å². The molecular weight excluding hydrogens is 296 g/mol. The van der Waals surface area contributed by atoms with Crippen molar-refractivity contribution in [1.82, 2.24) is 4.98 Å². The van der Waals surface area contributed by atoms with Crippen LogP contribution in [0.4, 0.5) is 16.6 Å².